The number of benzene rings is 2. The number of carbonyl (C=O) groups is 1. The number of ether oxygens (including phenoxy) is 1. The van der Waals surface area contributed by atoms with E-state index in [2.05, 4.69) is 10.4 Å². The van der Waals surface area contributed by atoms with Crippen LogP contribution >= 0.6 is 23.1 Å². The molecule has 1 amide bonds. The smallest absolute Gasteiger partial charge is 0.253 e. The molecule has 2 aromatic carbocycles. The van der Waals surface area contributed by atoms with Crippen LogP contribution < -0.4 is 4.74 Å². The Labute approximate surface area is 197 Å². The molecular formula is C23H26N2O4S3. The fourth-order valence-electron chi connectivity index (χ4n) is 2.93. The normalized spacial score (nSPS) is 11.3. The number of thiazole rings is 1. The van der Waals surface area contributed by atoms with Crippen molar-refractivity contribution >= 4 is 38.8 Å². The molecule has 32 heavy (non-hydrogen) atoms. The van der Waals surface area contributed by atoms with Gasteiger partial charge in [0.25, 0.3) is 5.91 Å². The van der Waals surface area contributed by atoms with Gasteiger partial charge in [0.2, 0.25) is 0 Å². The highest BCUT2D eigenvalue weighted by atomic mass is 32.2. The van der Waals surface area contributed by atoms with Crippen molar-refractivity contribution in [3.63, 3.8) is 0 Å². The third-order valence-corrected chi connectivity index (χ3v) is 7.62. The highest BCUT2D eigenvalue weighted by molar-refractivity contribution is 7.98. The van der Waals surface area contributed by atoms with Gasteiger partial charge in [-0.3, -0.25) is 4.79 Å². The fourth-order valence-corrected chi connectivity index (χ4v) is 5.10. The first kappa shape index (κ1) is 24.3. The van der Waals surface area contributed by atoms with Crippen LogP contribution in [0.2, 0.25) is 0 Å². The lowest BCUT2D eigenvalue weighted by Crippen LogP contribution is -2.28. The van der Waals surface area contributed by atoms with Crippen LogP contribution in [0.5, 0.6) is 5.75 Å². The molecule has 9 heteroatoms. The number of hydrogen-bond acceptors (Lipinski definition) is 7. The van der Waals surface area contributed by atoms with Crippen LogP contribution in [-0.2, 0) is 15.6 Å². The second-order valence-electron chi connectivity index (χ2n) is 7.35. The molecular weight excluding hydrogens is 464 g/mol. The molecule has 0 aliphatic carbocycles. The standard InChI is InChI=1S/C23H26N2O4S3/c1-17-24-19(15-30-17)16-31-21-10-8-18(9-11-21)23(26)25(2)12-5-13-29-20-6-4-7-22(14-20)32(3,27)28/h4,6-11,14-15H,5,12-13,16H2,1-3H3. The quantitative estimate of drug-likeness (QED) is 0.303. The summed E-state index contributed by atoms with van der Waals surface area (Å²) >= 11 is 3.35. The molecule has 3 rings (SSSR count). The van der Waals surface area contributed by atoms with Gasteiger partial charge >= 0.3 is 0 Å². The Hall–Kier alpha value is -2.36. The van der Waals surface area contributed by atoms with Crippen LogP contribution in [0.4, 0.5) is 0 Å². The summed E-state index contributed by atoms with van der Waals surface area (Å²) in [5.41, 5.74) is 1.71. The minimum Gasteiger partial charge on any atom is -0.493 e. The lowest BCUT2D eigenvalue weighted by Gasteiger charge is -2.17. The van der Waals surface area contributed by atoms with E-state index >= 15 is 0 Å². The largest absolute Gasteiger partial charge is 0.493 e. The number of aryl methyl sites for hydroxylation is 1. The van der Waals surface area contributed by atoms with Crippen molar-refractivity contribution in [3.05, 3.63) is 70.2 Å². The summed E-state index contributed by atoms with van der Waals surface area (Å²) < 4.78 is 28.9. The van der Waals surface area contributed by atoms with E-state index in [1.807, 2.05) is 31.2 Å². The molecule has 6 nitrogen and oxygen atoms in total. The SMILES string of the molecule is Cc1nc(CSc2ccc(C(=O)N(C)CCCOc3cccc(S(C)(=O)=O)c3)cc2)cs1. The Bertz CT molecular complexity index is 1160. The summed E-state index contributed by atoms with van der Waals surface area (Å²) in [6.45, 7) is 2.92. The Morgan fingerprint density at radius 2 is 1.94 bits per heavy atom. The van der Waals surface area contributed by atoms with E-state index in [1.54, 1.807) is 53.2 Å². The molecule has 0 bridgehead atoms. The van der Waals surface area contributed by atoms with E-state index in [4.69, 9.17) is 4.74 Å². The zero-order chi connectivity index (χ0) is 23.1. The molecule has 3 aromatic rings. The molecule has 0 aliphatic rings. The van der Waals surface area contributed by atoms with Crippen molar-refractivity contribution in [2.45, 2.75) is 28.9 Å². The van der Waals surface area contributed by atoms with Crippen LogP contribution in [0.15, 0.2) is 63.7 Å². The van der Waals surface area contributed by atoms with E-state index in [9.17, 15) is 13.2 Å². The topological polar surface area (TPSA) is 76.6 Å². The number of rotatable bonds is 10. The van der Waals surface area contributed by atoms with Gasteiger partial charge in [0.05, 0.1) is 22.2 Å². The van der Waals surface area contributed by atoms with Crippen LogP contribution in [0.25, 0.3) is 0 Å². The monoisotopic (exact) mass is 490 g/mol. The first-order valence-corrected chi connectivity index (χ1v) is 13.8. The maximum absolute atomic E-state index is 12.7. The number of hydrogen-bond donors (Lipinski definition) is 0. The molecule has 0 fully saturated rings. The summed E-state index contributed by atoms with van der Waals surface area (Å²) in [5, 5.41) is 3.14. The van der Waals surface area contributed by atoms with Gasteiger partial charge in [0, 0.05) is 41.4 Å². The van der Waals surface area contributed by atoms with Crippen molar-refractivity contribution in [3.8, 4) is 5.75 Å². The molecule has 0 spiro atoms. The van der Waals surface area contributed by atoms with Crippen molar-refractivity contribution in [2.75, 3.05) is 26.5 Å². The second-order valence-corrected chi connectivity index (χ2v) is 11.5. The van der Waals surface area contributed by atoms with Gasteiger partial charge in [-0.1, -0.05) is 6.07 Å². The molecule has 0 saturated carbocycles. The predicted octanol–water partition coefficient (Wildman–Crippen LogP) is 4.69. The molecule has 0 atom stereocenters. The number of aromatic nitrogens is 1. The average molecular weight is 491 g/mol. The van der Waals surface area contributed by atoms with Gasteiger partial charge in [0.1, 0.15) is 5.75 Å². The van der Waals surface area contributed by atoms with Crippen molar-refractivity contribution in [1.82, 2.24) is 9.88 Å². The van der Waals surface area contributed by atoms with E-state index in [0.29, 0.717) is 30.9 Å². The molecule has 0 N–H and O–H groups in total. The van der Waals surface area contributed by atoms with Gasteiger partial charge in [0.15, 0.2) is 9.84 Å². The molecule has 170 valence electrons. The Kier molecular flexibility index (Phi) is 8.33. The zero-order valence-electron chi connectivity index (χ0n) is 18.3. The average Bonchev–Trinajstić information content (AvgIpc) is 3.19. The minimum atomic E-state index is -3.27. The van der Waals surface area contributed by atoms with Crippen molar-refractivity contribution < 1.29 is 17.9 Å². The maximum Gasteiger partial charge on any atom is 0.253 e. The van der Waals surface area contributed by atoms with Crippen molar-refractivity contribution in [2.24, 2.45) is 0 Å². The molecule has 1 heterocycles. The molecule has 0 unspecified atom stereocenters. The molecule has 0 radical (unpaired) electrons. The van der Waals surface area contributed by atoms with Gasteiger partial charge in [-0.25, -0.2) is 13.4 Å². The summed E-state index contributed by atoms with van der Waals surface area (Å²) in [6, 6.07) is 14.0. The van der Waals surface area contributed by atoms with E-state index < -0.39 is 9.84 Å². The summed E-state index contributed by atoms with van der Waals surface area (Å²) in [4.78, 5) is 20.1. The Morgan fingerprint density at radius 3 is 2.59 bits per heavy atom. The lowest BCUT2D eigenvalue weighted by molar-refractivity contribution is 0.0787. The maximum atomic E-state index is 12.7. The number of sulfone groups is 1. The number of nitrogens with zero attached hydrogens (tertiary/aromatic N) is 2. The lowest BCUT2D eigenvalue weighted by atomic mass is 10.2. The summed E-state index contributed by atoms with van der Waals surface area (Å²) in [7, 11) is -1.50. The van der Waals surface area contributed by atoms with E-state index in [1.165, 1.54) is 12.3 Å². The second kappa shape index (κ2) is 11.0. The predicted molar refractivity (Wildman–Crippen MR) is 129 cm³/mol. The third-order valence-electron chi connectivity index (χ3n) is 4.64. The molecule has 0 saturated heterocycles. The highest BCUT2D eigenvalue weighted by Crippen LogP contribution is 2.24. The third kappa shape index (κ3) is 7.08. The Morgan fingerprint density at radius 1 is 1.19 bits per heavy atom. The molecule has 1 aromatic heterocycles. The first-order chi connectivity index (χ1) is 15.2. The first-order valence-electron chi connectivity index (χ1n) is 10.0. The van der Waals surface area contributed by atoms with Crippen molar-refractivity contribution in [1.29, 1.82) is 0 Å². The minimum absolute atomic E-state index is 0.0456. The summed E-state index contributed by atoms with van der Waals surface area (Å²) in [6.07, 6.45) is 1.80. The molecule has 0 aliphatic heterocycles. The van der Waals surface area contributed by atoms with Crippen LogP contribution in [0.3, 0.4) is 0 Å². The highest BCUT2D eigenvalue weighted by Gasteiger charge is 2.12. The van der Waals surface area contributed by atoms with Gasteiger partial charge in [-0.15, -0.1) is 23.1 Å². The number of carbonyl (C=O) groups excluding carboxylic acids is 1. The van der Waals surface area contributed by atoms with E-state index in [-0.39, 0.29) is 10.8 Å². The van der Waals surface area contributed by atoms with Crippen LogP contribution in [0, 0.1) is 6.92 Å². The van der Waals surface area contributed by atoms with E-state index in [0.717, 1.165) is 21.3 Å². The number of amides is 1. The van der Waals surface area contributed by atoms with Crippen LogP contribution in [0.1, 0.15) is 27.5 Å². The van der Waals surface area contributed by atoms with Crippen LogP contribution in [-0.4, -0.2) is 50.7 Å². The fraction of sp³-hybridized carbons (Fsp3) is 0.304. The summed E-state index contributed by atoms with van der Waals surface area (Å²) in [5.74, 6) is 1.27. The van der Waals surface area contributed by atoms with Gasteiger partial charge in [-0.05, 0) is 55.8 Å². The van der Waals surface area contributed by atoms with Gasteiger partial charge in [-0.2, -0.15) is 0 Å². The number of thioether (sulfide) groups is 1. The Balaban J connectivity index is 1.44. The van der Waals surface area contributed by atoms with Gasteiger partial charge < -0.3 is 9.64 Å². The zero-order valence-corrected chi connectivity index (χ0v) is 20.7.